The monoisotopic (exact) mass is 529 g/mol. The molecule has 178 valence electrons. The van der Waals surface area contributed by atoms with Crippen molar-refractivity contribution in [3.05, 3.63) is 91.1 Å². The first-order valence-corrected chi connectivity index (χ1v) is 12.0. The van der Waals surface area contributed by atoms with Gasteiger partial charge in [0.1, 0.15) is 24.0 Å². The minimum atomic E-state index is -0.207. The highest BCUT2D eigenvalue weighted by atomic mass is 35.5. The fourth-order valence-electron chi connectivity index (χ4n) is 4.45. The quantitative estimate of drug-likeness (QED) is 0.361. The van der Waals surface area contributed by atoms with E-state index < -0.39 is 0 Å². The summed E-state index contributed by atoms with van der Waals surface area (Å²) in [6.45, 7) is 2.00. The van der Waals surface area contributed by atoms with E-state index >= 15 is 0 Å². The summed E-state index contributed by atoms with van der Waals surface area (Å²) in [6.07, 6.45) is 1.67. The number of halogens is 3. The number of benzene rings is 3. The fraction of sp³-hybridized carbons (Fsp3) is 0.192. The van der Waals surface area contributed by atoms with Crippen molar-refractivity contribution in [2.75, 3.05) is 13.5 Å². The minimum absolute atomic E-state index is 0.137. The van der Waals surface area contributed by atoms with Crippen molar-refractivity contribution in [2.24, 2.45) is 0 Å². The highest BCUT2D eigenvalue weighted by Crippen LogP contribution is 2.43. The van der Waals surface area contributed by atoms with Crippen molar-refractivity contribution in [1.29, 1.82) is 0 Å². The van der Waals surface area contributed by atoms with Crippen molar-refractivity contribution in [3.8, 4) is 17.2 Å². The lowest BCUT2D eigenvalue weighted by Gasteiger charge is -2.30. The summed E-state index contributed by atoms with van der Waals surface area (Å²) in [5.74, 6) is 1.83. The summed E-state index contributed by atoms with van der Waals surface area (Å²) < 4.78 is 23.1. The SMILES string of the molecule is O=C1/C(=C/c2cc(Cl)cc3c2OCOC3)Oc2c1ccc1c2CN(Cc2ccc(Cl)cc2Cl)CO1. The molecule has 0 unspecified atom stereocenters. The number of ketones is 1. The van der Waals surface area contributed by atoms with Gasteiger partial charge in [0.15, 0.2) is 12.6 Å². The van der Waals surface area contributed by atoms with Crippen LogP contribution in [0, 0.1) is 0 Å². The number of hydrogen-bond donors (Lipinski definition) is 0. The average molecular weight is 531 g/mol. The number of allylic oxidation sites excluding steroid dienone is 1. The van der Waals surface area contributed by atoms with Crippen LogP contribution in [0.25, 0.3) is 6.08 Å². The molecular weight excluding hydrogens is 513 g/mol. The third-order valence-corrected chi connectivity index (χ3v) is 6.89. The molecular formula is C26H18Cl3NO5. The van der Waals surface area contributed by atoms with Crippen molar-refractivity contribution in [3.63, 3.8) is 0 Å². The van der Waals surface area contributed by atoms with Crippen molar-refractivity contribution in [1.82, 2.24) is 4.90 Å². The van der Waals surface area contributed by atoms with Crippen LogP contribution in [0.15, 0.2) is 48.2 Å². The van der Waals surface area contributed by atoms with Crippen LogP contribution in [0.2, 0.25) is 15.1 Å². The van der Waals surface area contributed by atoms with E-state index in [9.17, 15) is 4.79 Å². The molecule has 0 radical (unpaired) electrons. The molecule has 0 aromatic heterocycles. The smallest absolute Gasteiger partial charge is 0.231 e. The summed E-state index contributed by atoms with van der Waals surface area (Å²) in [5.41, 5.74) is 3.72. The first kappa shape index (κ1) is 22.7. The van der Waals surface area contributed by atoms with Gasteiger partial charge in [-0.2, -0.15) is 0 Å². The van der Waals surface area contributed by atoms with Crippen LogP contribution in [0.5, 0.6) is 17.2 Å². The Balaban J connectivity index is 1.30. The molecule has 0 spiro atoms. The van der Waals surface area contributed by atoms with E-state index in [1.54, 1.807) is 30.3 Å². The van der Waals surface area contributed by atoms with E-state index in [0.717, 1.165) is 16.7 Å². The second kappa shape index (κ2) is 9.04. The third-order valence-electron chi connectivity index (χ3n) is 6.08. The maximum Gasteiger partial charge on any atom is 0.231 e. The second-order valence-corrected chi connectivity index (χ2v) is 9.73. The van der Waals surface area contributed by atoms with E-state index in [1.165, 1.54) is 0 Å². The topological polar surface area (TPSA) is 57.2 Å². The summed E-state index contributed by atoms with van der Waals surface area (Å²) in [4.78, 5) is 15.3. The van der Waals surface area contributed by atoms with Gasteiger partial charge >= 0.3 is 0 Å². The maximum absolute atomic E-state index is 13.2. The van der Waals surface area contributed by atoms with E-state index in [-0.39, 0.29) is 18.3 Å². The average Bonchev–Trinajstić information content (AvgIpc) is 3.16. The van der Waals surface area contributed by atoms with E-state index in [0.29, 0.717) is 69.9 Å². The molecule has 35 heavy (non-hydrogen) atoms. The second-order valence-electron chi connectivity index (χ2n) is 8.45. The van der Waals surface area contributed by atoms with E-state index in [4.69, 9.17) is 53.8 Å². The van der Waals surface area contributed by atoms with Crippen LogP contribution in [-0.4, -0.2) is 24.2 Å². The molecule has 0 amide bonds. The van der Waals surface area contributed by atoms with Gasteiger partial charge in [0, 0.05) is 39.3 Å². The Morgan fingerprint density at radius 3 is 2.71 bits per heavy atom. The summed E-state index contributed by atoms with van der Waals surface area (Å²) in [6, 6.07) is 12.5. The Hall–Kier alpha value is -2.74. The molecule has 0 N–H and O–H groups in total. The molecule has 0 fully saturated rings. The van der Waals surface area contributed by atoms with Gasteiger partial charge in [-0.1, -0.05) is 40.9 Å². The molecule has 0 bridgehead atoms. The van der Waals surface area contributed by atoms with Crippen molar-refractivity contribution < 1.29 is 23.7 Å². The first-order chi connectivity index (χ1) is 17.0. The van der Waals surface area contributed by atoms with Gasteiger partial charge in [0.05, 0.1) is 17.7 Å². The van der Waals surface area contributed by atoms with Gasteiger partial charge < -0.3 is 18.9 Å². The number of hydrogen-bond acceptors (Lipinski definition) is 6. The zero-order valence-electron chi connectivity index (χ0n) is 18.3. The Morgan fingerprint density at radius 2 is 1.86 bits per heavy atom. The summed E-state index contributed by atoms with van der Waals surface area (Å²) >= 11 is 18.7. The number of carbonyl (C=O) groups excluding carboxylic acids is 1. The van der Waals surface area contributed by atoms with Crippen LogP contribution in [-0.2, 0) is 24.4 Å². The number of Topliss-reactive ketones (excluding diaryl/α,β-unsaturated/α-hetero) is 1. The first-order valence-electron chi connectivity index (χ1n) is 10.9. The van der Waals surface area contributed by atoms with Crippen LogP contribution < -0.4 is 14.2 Å². The molecule has 6 rings (SSSR count). The standard InChI is InChI=1S/C26H18Cl3NO5/c27-17-2-1-14(21(29)8-17)9-30-10-20-22(33-12-30)4-3-19-24(31)23(35-26(19)20)7-15-5-18(28)6-16-11-32-13-34-25(15)16/h1-8H,9-13H2/b23-7-. The van der Waals surface area contributed by atoms with Gasteiger partial charge in [-0.3, -0.25) is 9.69 Å². The van der Waals surface area contributed by atoms with Crippen molar-refractivity contribution in [2.45, 2.75) is 19.7 Å². The zero-order valence-corrected chi connectivity index (χ0v) is 20.5. The predicted molar refractivity (Wildman–Crippen MR) is 132 cm³/mol. The summed E-state index contributed by atoms with van der Waals surface area (Å²) in [7, 11) is 0. The number of rotatable bonds is 3. The molecule has 3 aromatic rings. The van der Waals surface area contributed by atoms with E-state index in [2.05, 4.69) is 4.90 Å². The summed E-state index contributed by atoms with van der Waals surface area (Å²) in [5, 5.41) is 1.70. The van der Waals surface area contributed by atoms with Gasteiger partial charge in [0.25, 0.3) is 0 Å². The Bertz CT molecular complexity index is 1400. The molecule has 3 aliphatic rings. The lowest BCUT2D eigenvalue weighted by Crippen LogP contribution is -2.31. The number of carbonyl (C=O) groups is 1. The molecule has 0 saturated heterocycles. The third kappa shape index (κ3) is 4.26. The highest BCUT2D eigenvalue weighted by molar-refractivity contribution is 6.35. The number of ether oxygens (including phenoxy) is 4. The van der Waals surface area contributed by atoms with Gasteiger partial charge in [0.2, 0.25) is 5.78 Å². The molecule has 9 heteroatoms. The fourth-order valence-corrected chi connectivity index (χ4v) is 5.17. The molecule has 0 saturated carbocycles. The Labute approximate surface area is 216 Å². The van der Waals surface area contributed by atoms with Gasteiger partial charge in [-0.25, -0.2) is 0 Å². The predicted octanol–water partition coefficient (Wildman–Crippen LogP) is 6.48. The van der Waals surface area contributed by atoms with E-state index in [1.807, 2.05) is 18.2 Å². The van der Waals surface area contributed by atoms with Crippen LogP contribution >= 0.6 is 34.8 Å². The van der Waals surface area contributed by atoms with Crippen LogP contribution in [0.4, 0.5) is 0 Å². The Morgan fingerprint density at radius 1 is 0.971 bits per heavy atom. The molecule has 3 aliphatic heterocycles. The molecule has 3 aromatic carbocycles. The highest BCUT2D eigenvalue weighted by Gasteiger charge is 2.34. The van der Waals surface area contributed by atoms with Crippen LogP contribution in [0.1, 0.15) is 32.6 Å². The van der Waals surface area contributed by atoms with Crippen molar-refractivity contribution >= 4 is 46.7 Å². The maximum atomic E-state index is 13.2. The lowest BCUT2D eigenvalue weighted by atomic mass is 10.0. The molecule has 6 nitrogen and oxygen atoms in total. The number of fused-ring (bicyclic) bond motifs is 4. The van der Waals surface area contributed by atoms with Crippen LogP contribution in [0.3, 0.4) is 0 Å². The molecule has 3 heterocycles. The molecule has 0 aliphatic carbocycles. The zero-order chi connectivity index (χ0) is 24.1. The van der Waals surface area contributed by atoms with Gasteiger partial charge in [-0.15, -0.1) is 0 Å². The lowest BCUT2D eigenvalue weighted by molar-refractivity contribution is -0.0165. The normalized spacial score (nSPS) is 17.8. The minimum Gasteiger partial charge on any atom is -0.478 e. The number of nitrogens with zero attached hydrogens (tertiary/aromatic N) is 1. The Kier molecular flexibility index (Phi) is 5.87. The molecule has 0 atom stereocenters. The largest absolute Gasteiger partial charge is 0.478 e. The van der Waals surface area contributed by atoms with Gasteiger partial charge in [-0.05, 0) is 48.0 Å².